The molecule has 27 heavy (non-hydrogen) atoms. The highest BCUT2D eigenvalue weighted by Gasteiger charge is 2.28. The van der Waals surface area contributed by atoms with Gasteiger partial charge in [-0.15, -0.1) is 0 Å². The van der Waals surface area contributed by atoms with Crippen LogP contribution in [0.5, 0.6) is 5.88 Å². The molecule has 138 valence electrons. The molecule has 6 nitrogen and oxygen atoms in total. The van der Waals surface area contributed by atoms with Gasteiger partial charge in [0.15, 0.2) is 5.82 Å². The molecule has 2 aromatic carbocycles. The van der Waals surface area contributed by atoms with Crippen LogP contribution in [0.15, 0.2) is 54.9 Å². The summed E-state index contributed by atoms with van der Waals surface area (Å²) in [6.07, 6.45) is 4.02. The van der Waals surface area contributed by atoms with Gasteiger partial charge in [0, 0.05) is 32.6 Å². The van der Waals surface area contributed by atoms with Crippen molar-refractivity contribution in [3.63, 3.8) is 0 Å². The van der Waals surface area contributed by atoms with Gasteiger partial charge in [0.2, 0.25) is 5.88 Å². The fourth-order valence-electron chi connectivity index (χ4n) is 3.30. The number of ether oxygens (including phenoxy) is 1. The number of fused-ring (bicyclic) bond motifs is 1. The Labute approximate surface area is 158 Å². The van der Waals surface area contributed by atoms with E-state index in [4.69, 9.17) is 4.74 Å². The van der Waals surface area contributed by atoms with Gasteiger partial charge in [-0.1, -0.05) is 30.3 Å². The van der Waals surface area contributed by atoms with Crippen LogP contribution in [-0.2, 0) is 0 Å². The van der Waals surface area contributed by atoms with Crippen LogP contribution >= 0.6 is 0 Å². The molecule has 0 spiro atoms. The Morgan fingerprint density at radius 3 is 2.78 bits per heavy atom. The van der Waals surface area contributed by atoms with Crippen LogP contribution in [-0.4, -0.2) is 54.1 Å². The van der Waals surface area contributed by atoms with Crippen molar-refractivity contribution in [3.8, 4) is 5.88 Å². The molecule has 0 N–H and O–H groups in total. The molecule has 3 aromatic rings. The van der Waals surface area contributed by atoms with Crippen LogP contribution < -0.4 is 9.64 Å². The van der Waals surface area contributed by atoms with Gasteiger partial charge in [0.05, 0.1) is 18.9 Å². The van der Waals surface area contributed by atoms with Crippen molar-refractivity contribution in [2.75, 3.05) is 32.1 Å². The van der Waals surface area contributed by atoms with Gasteiger partial charge in [-0.3, -0.25) is 9.78 Å². The third-order valence-electron chi connectivity index (χ3n) is 4.77. The summed E-state index contributed by atoms with van der Waals surface area (Å²) in [5.74, 6) is 1.28. The third kappa shape index (κ3) is 3.69. The molecule has 0 radical (unpaired) electrons. The molecule has 1 aliphatic rings. The Hall–Kier alpha value is -3.15. The minimum absolute atomic E-state index is 0.0416. The molecule has 4 rings (SSSR count). The summed E-state index contributed by atoms with van der Waals surface area (Å²) in [5.41, 5.74) is 0.712. The van der Waals surface area contributed by atoms with Gasteiger partial charge in [0.1, 0.15) is 6.10 Å². The Morgan fingerprint density at radius 2 is 1.96 bits per heavy atom. The smallest absolute Gasteiger partial charge is 0.254 e. The number of carbonyl (C=O) groups excluding carboxylic acids is 1. The van der Waals surface area contributed by atoms with Crippen LogP contribution in [0, 0.1) is 0 Å². The average molecular weight is 362 g/mol. The summed E-state index contributed by atoms with van der Waals surface area (Å²) in [6, 6.07) is 13.9. The monoisotopic (exact) mass is 362 g/mol. The summed E-state index contributed by atoms with van der Waals surface area (Å²) < 4.78 is 5.96. The summed E-state index contributed by atoms with van der Waals surface area (Å²) >= 11 is 0. The summed E-state index contributed by atoms with van der Waals surface area (Å²) in [6.45, 7) is 1.23. The predicted octanol–water partition coefficient (Wildman–Crippen LogP) is 2.99. The zero-order chi connectivity index (χ0) is 18.8. The predicted molar refractivity (Wildman–Crippen MR) is 105 cm³/mol. The molecule has 1 saturated heterocycles. The zero-order valence-electron chi connectivity index (χ0n) is 15.5. The maximum atomic E-state index is 12.9. The van der Waals surface area contributed by atoms with Crippen molar-refractivity contribution in [2.45, 2.75) is 12.5 Å². The van der Waals surface area contributed by atoms with E-state index in [0.717, 1.165) is 23.0 Å². The van der Waals surface area contributed by atoms with Crippen molar-refractivity contribution >= 4 is 22.5 Å². The number of likely N-dealkylation sites (tertiary alicyclic amines) is 1. The Bertz CT molecular complexity index is 973. The van der Waals surface area contributed by atoms with Crippen LogP contribution in [0.25, 0.3) is 10.8 Å². The maximum absolute atomic E-state index is 12.9. The minimum Gasteiger partial charge on any atom is -0.471 e. The summed E-state index contributed by atoms with van der Waals surface area (Å²) in [5, 5.41) is 2.21. The highest BCUT2D eigenvalue weighted by molar-refractivity contribution is 5.98. The SMILES string of the molecule is CN(C)c1cncc(OC2CCN(C(=O)c3ccc4ccccc4c3)C2)n1. The summed E-state index contributed by atoms with van der Waals surface area (Å²) in [4.78, 5) is 25.2. The molecular weight excluding hydrogens is 340 g/mol. The quantitative estimate of drug-likeness (QED) is 0.714. The number of anilines is 1. The van der Waals surface area contributed by atoms with E-state index in [1.807, 2.05) is 66.4 Å². The Balaban J connectivity index is 1.44. The molecule has 0 saturated carbocycles. The van der Waals surface area contributed by atoms with Crippen LogP contribution in [0.2, 0.25) is 0 Å². The second-order valence-electron chi connectivity index (χ2n) is 6.95. The lowest BCUT2D eigenvalue weighted by atomic mass is 10.1. The van der Waals surface area contributed by atoms with Crippen LogP contribution in [0.4, 0.5) is 5.82 Å². The van der Waals surface area contributed by atoms with Gasteiger partial charge in [-0.2, -0.15) is 4.98 Å². The van der Waals surface area contributed by atoms with Crippen LogP contribution in [0.3, 0.4) is 0 Å². The van der Waals surface area contributed by atoms with Gasteiger partial charge in [0.25, 0.3) is 5.91 Å². The number of rotatable bonds is 4. The number of benzene rings is 2. The number of nitrogens with zero attached hydrogens (tertiary/aromatic N) is 4. The lowest BCUT2D eigenvalue weighted by Gasteiger charge is -2.18. The van der Waals surface area contributed by atoms with E-state index in [9.17, 15) is 4.79 Å². The van der Waals surface area contributed by atoms with Crippen molar-refractivity contribution in [3.05, 3.63) is 60.4 Å². The highest BCUT2D eigenvalue weighted by Crippen LogP contribution is 2.21. The van der Waals surface area contributed by atoms with Crippen LogP contribution in [0.1, 0.15) is 16.8 Å². The lowest BCUT2D eigenvalue weighted by molar-refractivity contribution is 0.0771. The maximum Gasteiger partial charge on any atom is 0.254 e. The topological polar surface area (TPSA) is 58.6 Å². The van der Waals surface area contributed by atoms with Crippen molar-refractivity contribution in [2.24, 2.45) is 0 Å². The van der Waals surface area contributed by atoms with Crippen molar-refractivity contribution < 1.29 is 9.53 Å². The van der Waals surface area contributed by atoms with E-state index in [-0.39, 0.29) is 12.0 Å². The highest BCUT2D eigenvalue weighted by atomic mass is 16.5. The molecule has 1 aromatic heterocycles. The first-order valence-corrected chi connectivity index (χ1v) is 9.04. The van der Waals surface area contributed by atoms with E-state index < -0.39 is 0 Å². The first kappa shape index (κ1) is 17.3. The minimum atomic E-state index is -0.0684. The molecule has 1 atom stereocenters. The van der Waals surface area contributed by atoms with Gasteiger partial charge >= 0.3 is 0 Å². The third-order valence-corrected chi connectivity index (χ3v) is 4.77. The van der Waals surface area contributed by atoms with Gasteiger partial charge in [-0.25, -0.2) is 0 Å². The molecule has 2 heterocycles. The molecule has 1 fully saturated rings. The largest absolute Gasteiger partial charge is 0.471 e. The lowest BCUT2D eigenvalue weighted by Crippen LogP contribution is -2.31. The Morgan fingerprint density at radius 1 is 1.15 bits per heavy atom. The first-order valence-electron chi connectivity index (χ1n) is 9.04. The summed E-state index contributed by atoms with van der Waals surface area (Å²) in [7, 11) is 3.82. The Kier molecular flexibility index (Phi) is 4.62. The van der Waals surface area contributed by atoms with Gasteiger partial charge in [-0.05, 0) is 22.9 Å². The molecular formula is C21H22N4O2. The van der Waals surface area contributed by atoms with E-state index in [1.165, 1.54) is 0 Å². The second kappa shape index (κ2) is 7.23. The average Bonchev–Trinajstić information content (AvgIpc) is 3.15. The van der Waals surface area contributed by atoms with E-state index in [0.29, 0.717) is 24.5 Å². The van der Waals surface area contributed by atoms with Crippen molar-refractivity contribution in [1.82, 2.24) is 14.9 Å². The number of amides is 1. The fraction of sp³-hybridized carbons (Fsp3) is 0.286. The zero-order valence-corrected chi connectivity index (χ0v) is 15.5. The first-order chi connectivity index (χ1) is 13.1. The second-order valence-corrected chi connectivity index (χ2v) is 6.95. The normalized spacial score (nSPS) is 16.5. The molecule has 1 unspecified atom stereocenters. The molecule has 1 aliphatic heterocycles. The molecule has 1 amide bonds. The standard InChI is InChI=1S/C21H22N4O2/c1-24(2)19-12-22-13-20(23-19)27-18-9-10-25(14-18)21(26)17-8-7-15-5-3-4-6-16(15)11-17/h3-8,11-13,18H,9-10,14H2,1-2H3. The number of aromatic nitrogens is 2. The van der Waals surface area contributed by atoms with Gasteiger partial charge < -0.3 is 14.5 Å². The number of hydrogen-bond donors (Lipinski definition) is 0. The van der Waals surface area contributed by atoms with E-state index in [2.05, 4.69) is 9.97 Å². The molecule has 0 aliphatic carbocycles. The molecule has 0 bridgehead atoms. The van der Waals surface area contributed by atoms with E-state index in [1.54, 1.807) is 12.4 Å². The fourth-order valence-corrected chi connectivity index (χ4v) is 3.30. The molecule has 6 heteroatoms. The number of carbonyl (C=O) groups is 1. The number of hydrogen-bond acceptors (Lipinski definition) is 5. The van der Waals surface area contributed by atoms with Crippen molar-refractivity contribution in [1.29, 1.82) is 0 Å². The van der Waals surface area contributed by atoms with E-state index >= 15 is 0 Å².